The number of hydrogen-bond donors (Lipinski definition) is 1. The van der Waals surface area contributed by atoms with Crippen LogP contribution in [0.4, 0.5) is 4.39 Å². The van der Waals surface area contributed by atoms with Crippen molar-refractivity contribution in [3.05, 3.63) is 70.6 Å². The molecular formula is C27H28ClFN2O4. The highest BCUT2D eigenvalue weighted by Crippen LogP contribution is 2.36. The lowest BCUT2D eigenvalue weighted by Gasteiger charge is -2.25. The van der Waals surface area contributed by atoms with Crippen LogP contribution in [0.25, 0.3) is 11.3 Å². The number of nitrogens with zero attached hydrogens (tertiary/aromatic N) is 1. The first-order chi connectivity index (χ1) is 16.7. The molecule has 3 aromatic rings. The van der Waals surface area contributed by atoms with Crippen LogP contribution in [0.15, 0.2) is 48.5 Å². The fourth-order valence-electron chi connectivity index (χ4n) is 3.73. The largest absolute Gasteiger partial charge is 0.494 e. The molecule has 0 aliphatic heterocycles. The van der Waals surface area contributed by atoms with Crippen molar-refractivity contribution in [1.82, 2.24) is 4.98 Å². The zero-order chi connectivity index (χ0) is 25.2. The number of aromatic nitrogens is 1. The Balaban J connectivity index is 1.51. The van der Waals surface area contributed by atoms with Gasteiger partial charge in [-0.15, -0.1) is 0 Å². The SMILES string of the molecule is COc1cc(C(=O)CCC(C)(N)c2ccc(OC)c(-c3ccc(F)c(Cl)c3)n2)ccc1OC1CC1. The zero-order valence-electron chi connectivity index (χ0n) is 19.9. The average molecular weight is 499 g/mol. The zero-order valence-corrected chi connectivity index (χ0v) is 20.7. The van der Waals surface area contributed by atoms with Gasteiger partial charge in [0, 0.05) is 17.5 Å². The topological polar surface area (TPSA) is 83.7 Å². The number of benzene rings is 2. The molecule has 1 atom stereocenters. The van der Waals surface area contributed by atoms with Crippen LogP contribution >= 0.6 is 11.6 Å². The van der Waals surface area contributed by atoms with Gasteiger partial charge in [0.2, 0.25) is 0 Å². The van der Waals surface area contributed by atoms with Gasteiger partial charge in [-0.1, -0.05) is 11.6 Å². The molecule has 6 nitrogen and oxygen atoms in total. The van der Waals surface area contributed by atoms with E-state index < -0.39 is 11.4 Å². The predicted molar refractivity (Wildman–Crippen MR) is 133 cm³/mol. The number of hydrogen-bond acceptors (Lipinski definition) is 6. The van der Waals surface area contributed by atoms with E-state index in [4.69, 9.17) is 36.5 Å². The Kier molecular flexibility index (Phi) is 7.28. The smallest absolute Gasteiger partial charge is 0.163 e. The molecule has 2 aromatic carbocycles. The number of methoxy groups -OCH3 is 2. The minimum Gasteiger partial charge on any atom is -0.494 e. The minimum atomic E-state index is -0.903. The quantitative estimate of drug-likeness (QED) is 0.348. The van der Waals surface area contributed by atoms with E-state index in [0.717, 1.165) is 12.8 Å². The summed E-state index contributed by atoms with van der Waals surface area (Å²) in [6, 6.07) is 13.1. The molecule has 8 heteroatoms. The third-order valence-corrected chi connectivity index (χ3v) is 6.32. The predicted octanol–water partition coefficient (Wildman–Crippen LogP) is 5.94. The molecule has 35 heavy (non-hydrogen) atoms. The van der Waals surface area contributed by atoms with Gasteiger partial charge >= 0.3 is 0 Å². The number of carbonyl (C=O) groups excluding carboxylic acids is 1. The Labute approximate surface area is 209 Å². The Bertz CT molecular complexity index is 1240. The number of carbonyl (C=O) groups is 1. The summed E-state index contributed by atoms with van der Waals surface area (Å²) < 4.78 is 30.3. The molecule has 1 unspecified atom stereocenters. The molecule has 184 valence electrons. The van der Waals surface area contributed by atoms with Gasteiger partial charge in [-0.3, -0.25) is 4.79 Å². The Morgan fingerprint density at radius 2 is 1.80 bits per heavy atom. The van der Waals surface area contributed by atoms with Crippen LogP contribution in [0.5, 0.6) is 17.2 Å². The summed E-state index contributed by atoms with van der Waals surface area (Å²) >= 11 is 5.97. The lowest BCUT2D eigenvalue weighted by Crippen LogP contribution is -2.34. The van der Waals surface area contributed by atoms with Crippen molar-refractivity contribution >= 4 is 17.4 Å². The maximum Gasteiger partial charge on any atom is 0.163 e. The number of Topliss-reactive ketones (excluding diaryl/α,β-unsaturated/α-hetero) is 1. The number of ether oxygens (including phenoxy) is 3. The van der Waals surface area contributed by atoms with Crippen molar-refractivity contribution in [2.45, 2.75) is 44.2 Å². The van der Waals surface area contributed by atoms with Crippen molar-refractivity contribution < 1.29 is 23.4 Å². The standard InChI is InChI=1S/C27H28ClFN2O4/c1-27(30,13-12-21(32)16-5-9-22(24(15-16)34-3)35-18-6-7-18)25-11-10-23(33-2)26(31-25)17-4-8-20(29)19(28)14-17/h4-5,8-11,14-15,18H,6-7,12-13,30H2,1-3H3. The van der Waals surface area contributed by atoms with E-state index in [-0.39, 0.29) is 23.3 Å². The summed E-state index contributed by atoms with van der Waals surface area (Å²) in [6.07, 6.45) is 2.88. The fraction of sp³-hybridized carbons (Fsp3) is 0.333. The highest BCUT2D eigenvalue weighted by Gasteiger charge is 2.27. The number of nitrogens with two attached hydrogens (primary N) is 1. The molecule has 0 radical (unpaired) electrons. The summed E-state index contributed by atoms with van der Waals surface area (Å²) in [6.45, 7) is 1.82. The van der Waals surface area contributed by atoms with E-state index in [2.05, 4.69) is 0 Å². The van der Waals surface area contributed by atoms with Crippen LogP contribution in [0.1, 0.15) is 48.7 Å². The van der Waals surface area contributed by atoms with Gasteiger partial charge in [0.15, 0.2) is 17.3 Å². The molecule has 0 amide bonds. The van der Waals surface area contributed by atoms with Crippen molar-refractivity contribution in [2.75, 3.05) is 14.2 Å². The summed E-state index contributed by atoms with van der Waals surface area (Å²) in [5.74, 6) is 1.11. The first kappa shape index (κ1) is 24.9. The molecule has 1 aliphatic rings. The first-order valence-electron chi connectivity index (χ1n) is 11.4. The molecule has 1 saturated carbocycles. The lowest BCUT2D eigenvalue weighted by molar-refractivity contribution is 0.0970. The van der Waals surface area contributed by atoms with Gasteiger partial charge in [-0.05, 0) is 74.7 Å². The molecule has 0 spiro atoms. The van der Waals surface area contributed by atoms with Crippen molar-refractivity contribution in [3.63, 3.8) is 0 Å². The molecule has 0 saturated heterocycles. The van der Waals surface area contributed by atoms with Crippen LogP contribution in [-0.2, 0) is 5.54 Å². The molecule has 1 fully saturated rings. The van der Waals surface area contributed by atoms with Crippen molar-refractivity contribution in [2.24, 2.45) is 5.73 Å². The Morgan fingerprint density at radius 3 is 2.46 bits per heavy atom. The molecule has 1 heterocycles. The third kappa shape index (κ3) is 5.74. The molecule has 0 bridgehead atoms. The summed E-state index contributed by atoms with van der Waals surface area (Å²) in [7, 11) is 3.09. The van der Waals surface area contributed by atoms with E-state index in [1.807, 2.05) is 6.92 Å². The molecule has 1 aromatic heterocycles. The second kappa shape index (κ2) is 10.2. The van der Waals surface area contributed by atoms with Gasteiger partial charge in [0.1, 0.15) is 17.3 Å². The van der Waals surface area contributed by atoms with E-state index in [0.29, 0.717) is 46.2 Å². The van der Waals surface area contributed by atoms with Crippen LogP contribution in [0.3, 0.4) is 0 Å². The number of ketones is 1. The number of pyridine rings is 1. The highest BCUT2D eigenvalue weighted by molar-refractivity contribution is 6.31. The first-order valence-corrected chi connectivity index (χ1v) is 11.8. The molecule has 1 aliphatic carbocycles. The maximum absolute atomic E-state index is 13.7. The van der Waals surface area contributed by atoms with Crippen LogP contribution in [0, 0.1) is 5.82 Å². The summed E-state index contributed by atoms with van der Waals surface area (Å²) in [5.41, 5.74) is 7.91. The fourth-order valence-corrected chi connectivity index (χ4v) is 3.91. The summed E-state index contributed by atoms with van der Waals surface area (Å²) in [5, 5.41) is -0.0122. The van der Waals surface area contributed by atoms with Crippen LogP contribution in [-0.4, -0.2) is 31.1 Å². The van der Waals surface area contributed by atoms with Gasteiger partial charge in [-0.2, -0.15) is 0 Å². The lowest BCUT2D eigenvalue weighted by atomic mass is 9.90. The normalized spacial score (nSPS) is 14.8. The second-order valence-corrected chi connectivity index (χ2v) is 9.31. The monoisotopic (exact) mass is 498 g/mol. The Hall–Kier alpha value is -3.16. The molecule has 4 rings (SSSR count). The highest BCUT2D eigenvalue weighted by atomic mass is 35.5. The van der Waals surface area contributed by atoms with Crippen molar-refractivity contribution in [3.8, 4) is 28.5 Å². The van der Waals surface area contributed by atoms with Gasteiger partial charge in [0.05, 0.1) is 36.6 Å². The maximum atomic E-state index is 13.7. The Morgan fingerprint density at radius 1 is 1.09 bits per heavy atom. The van der Waals surface area contributed by atoms with E-state index in [1.54, 1.807) is 43.5 Å². The van der Waals surface area contributed by atoms with Crippen LogP contribution in [0.2, 0.25) is 5.02 Å². The second-order valence-electron chi connectivity index (χ2n) is 8.90. The third-order valence-electron chi connectivity index (χ3n) is 6.03. The van der Waals surface area contributed by atoms with Crippen LogP contribution < -0.4 is 19.9 Å². The van der Waals surface area contributed by atoms with E-state index in [9.17, 15) is 9.18 Å². The summed E-state index contributed by atoms with van der Waals surface area (Å²) in [4.78, 5) is 17.7. The van der Waals surface area contributed by atoms with E-state index >= 15 is 0 Å². The molecule has 2 N–H and O–H groups in total. The number of halogens is 2. The van der Waals surface area contributed by atoms with Gasteiger partial charge in [0.25, 0.3) is 0 Å². The average Bonchev–Trinajstić information content (AvgIpc) is 3.68. The van der Waals surface area contributed by atoms with Crippen molar-refractivity contribution in [1.29, 1.82) is 0 Å². The minimum absolute atomic E-state index is 0.0122. The number of rotatable bonds is 10. The molecular weight excluding hydrogens is 471 g/mol. The van der Waals surface area contributed by atoms with E-state index in [1.165, 1.54) is 19.2 Å². The van der Waals surface area contributed by atoms with Gasteiger partial charge in [-0.25, -0.2) is 9.37 Å². The van der Waals surface area contributed by atoms with Gasteiger partial charge < -0.3 is 19.9 Å².